The summed E-state index contributed by atoms with van der Waals surface area (Å²) in [5.41, 5.74) is 1.36. The van der Waals surface area contributed by atoms with Gasteiger partial charge in [-0.3, -0.25) is 5.10 Å². The Balaban J connectivity index is 2.35. The number of aromatic amines is 1. The van der Waals surface area contributed by atoms with Crippen molar-refractivity contribution >= 4 is 29.1 Å². The number of hydrogen-bond donors (Lipinski definition) is 1. The van der Waals surface area contributed by atoms with Gasteiger partial charge < -0.3 is 0 Å². The van der Waals surface area contributed by atoms with E-state index in [2.05, 4.69) is 16.3 Å². The highest BCUT2D eigenvalue weighted by atomic mass is 32.1. The fourth-order valence-corrected chi connectivity index (χ4v) is 2.19. The average molecular weight is 184 g/mol. The van der Waals surface area contributed by atoms with Crippen LogP contribution >= 0.6 is 23.6 Å². The fourth-order valence-electron chi connectivity index (χ4n) is 1.23. The van der Waals surface area contributed by atoms with E-state index in [1.807, 2.05) is 0 Å². The van der Waals surface area contributed by atoms with Gasteiger partial charge in [0.15, 0.2) is 3.95 Å². The number of nitrogens with one attached hydrogen (secondary N) is 1. The standard InChI is InChI=1S/C7H8N2S2/c10-7-9-8-6(11-7)5-3-1-2-4-5/h3H,1-2,4H2,(H,9,10). The molecule has 0 aromatic carbocycles. The molecule has 2 rings (SSSR count). The molecule has 0 saturated carbocycles. The number of aromatic nitrogens is 2. The van der Waals surface area contributed by atoms with Gasteiger partial charge in [-0.05, 0) is 37.1 Å². The van der Waals surface area contributed by atoms with Crippen LogP contribution in [0.25, 0.3) is 5.57 Å². The molecule has 0 aliphatic heterocycles. The van der Waals surface area contributed by atoms with Gasteiger partial charge in [-0.15, -0.1) is 0 Å². The molecular weight excluding hydrogens is 176 g/mol. The van der Waals surface area contributed by atoms with E-state index in [-0.39, 0.29) is 0 Å². The van der Waals surface area contributed by atoms with E-state index in [4.69, 9.17) is 12.2 Å². The third-order valence-corrected chi connectivity index (χ3v) is 2.92. The van der Waals surface area contributed by atoms with Crippen LogP contribution in [0.15, 0.2) is 6.08 Å². The highest BCUT2D eigenvalue weighted by molar-refractivity contribution is 7.73. The van der Waals surface area contributed by atoms with Crippen LogP contribution in [0.2, 0.25) is 0 Å². The lowest BCUT2D eigenvalue weighted by atomic mass is 10.2. The summed E-state index contributed by atoms with van der Waals surface area (Å²) in [6.07, 6.45) is 5.88. The maximum absolute atomic E-state index is 4.94. The minimum Gasteiger partial charge on any atom is -0.258 e. The molecule has 0 atom stereocenters. The Morgan fingerprint density at radius 2 is 2.55 bits per heavy atom. The minimum absolute atomic E-state index is 0.771. The summed E-state index contributed by atoms with van der Waals surface area (Å²) >= 11 is 6.51. The van der Waals surface area contributed by atoms with Gasteiger partial charge in [0, 0.05) is 0 Å². The van der Waals surface area contributed by atoms with Crippen LogP contribution in [-0.4, -0.2) is 10.2 Å². The lowest BCUT2D eigenvalue weighted by Crippen LogP contribution is -1.77. The Bertz CT molecular complexity index is 334. The minimum atomic E-state index is 0.771. The van der Waals surface area contributed by atoms with Crippen molar-refractivity contribution < 1.29 is 0 Å². The van der Waals surface area contributed by atoms with Crippen molar-refractivity contribution in [2.24, 2.45) is 0 Å². The van der Waals surface area contributed by atoms with Crippen LogP contribution in [0.4, 0.5) is 0 Å². The van der Waals surface area contributed by atoms with E-state index in [0.717, 1.165) is 15.4 Å². The molecule has 1 aromatic heterocycles. The van der Waals surface area contributed by atoms with Crippen LogP contribution in [0.3, 0.4) is 0 Å². The Morgan fingerprint density at radius 3 is 3.09 bits per heavy atom. The Hall–Kier alpha value is -0.480. The SMILES string of the molecule is S=c1[nH]nc(C2=CCCC2)s1. The van der Waals surface area contributed by atoms with E-state index >= 15 is 0 Å². The Morgan fingerprint density at radius 1 is 1.64 bits per heavy atom. The number of H-pyrrole nitrogens is 1. The molecule has 0 fully saturated rings. The summed E-state index contributed by atoms with van der Waals surface area (Å²) in [4.78, 5) is 0. The molecule has 0 unspecified atom stereocenters. The zero-order valence-corrected chi connectivity index (χ0v) is 7.60. The van der Waals surface area contributed by atoms with Crippen LogP contribution in [-0.2, 0) is 0 Å². The summed E-state index contributed by atoms with van der Waals surface area (Å²) < 4.78 is 0.771. The number of allylic oxidation sites excluding steroid dienone is 2. The quantitative estimate of drug-likeness (QED) is 0.680. The van der Waals surface area contributed by atoms with Crippen molar-refractivity contribution in [1.29, 1.82) is 0 Å². The number of hydrogen-bond acceptors (Lipinski definition) is 3. The van der Waals surface area contributed by atoms with Gasteiger partial charge in [0.2, 0.25) is 0 Å². The zero-order chi connectivity index (χ0) is 7.68. The lowest BCUT2D eigenvalue weighted by Gasteiger charge is -1.90. The zero-order valence-electron chi connectivity index (χ0n) is 5.96. The molecule has 1 N–H and O–H groups in total. The highest BCUT2D eigenvalue weighted by Gasteiger charge is 2.09. The smallest absolute Gasteiger partial charge is 0.176 e. The predicted octanol–water partition coefficient (Wildman–Crippen LogP) is 2.77. The molecule has 0 radical (unpaired) electrons. The first kappa shape index (κ1) is 7.18. The number of nitrogens with zero attached hydrogens (tertiary/aromatic N) is 1. The molecular formula is C7H8N2S2. The Labute approximate surface area is 74.0 Å². The first-order chi connectivity index (χ1) is 5.36. The first-order valence-electron chi connectivity index (χ1n) is 3.61. The average Bonchev–Trinajstić information content (AvgIpc) is 2.55. The van der Waals surface area contributed by atoms with Crippen molar-refractivity contribution in [2.75, 3.05) is 0 Å². The van der Waals surface area contributed by atoms with Crippen LogP contribution < -0.4 is 0 Å². The second-order valence-corrected chi connectivity index (χ2v) is 4.21. The van der Waals surface area contributed by atoms with Gasteiger partial charge in [0.1, 0.15) is 5.01 Å². The first-order valence-corrected chi connectivity index (χ1v) is 4.83. The van der Waals surface area contributed by atoms with Crippen molar-refractivity contribution in [2.45, 2.75) is 19.3 Å². The predicted molar refractivity (Wildman–Crippen MR) is 49.1 cm³/mol. The molecule has 58 valence electrons. The van der Waals surface area contributed by atoms with Crippen LogP contribution in [0.1, 0.15) is 24.3 Å². The Kier molecular flexibility index (Phi) is 1.87. The monoisotopic (exact) mass is 184 g/mol. The van der Waals surface area contributed by atoms with Crippen molar-refractivity contribution in [3.05, 3.63) is 15.0 Å². The second kappa shape index (κ2) is 2.87. The molecule has 1 aromatic rings. The fraction of sp³-hybridized carbons (Fsp3) is 0.429. The molecule has 1 aliphatic carbocycles. The summed E-state index contributed by atoms with van der Waals surface area (Å²) in [7, 11) is 0. The topological polar surface area (TPSA) is 28.7 Å². The molecule has 11 heavy (non-hydrogen) atoms. The van der Waals surface area contributed by atoms with E-state index in [1.54, 1.807) is 11.3 Å². The van der Waals surface area contributed by atoms with Crippen molar-refractivity contribution in [3.8, 4) is 0 Å². The highest BCUT2D eigenvalue weighted by Crippen LogP contribution is 2.28. The molecule has 1 heterocycles. The van der Waals surface area contributed by atoms with E-state index < -0.39 is 0 Å². The third-order valence-electron chi connectivity index (χ3n) is 1.75. The molecule has 2 nitrogen and oxygen atoms in total. The van der Waals surface area contributed by atoms with E-state index in [9.17, 15) is 0 Å². The lowest BCUT2D eigenvalue weighted by molar-refractivity contribution is 0.931. The molecule has 0 saturated heterocycles. The molecule has 0 amide bonds. The molecule has 1 aliphatic rings. The maximum atomic E-state index is 4.94. The normalized spacial score (nSPS) is 16.9. The summed E-state index contributed by atoms with van der Waals surface area (Å²) in [6.45, 7) is 0. The van der Waals surface area contributed by atoms with Gasteiger partial charge in [0.25, 0.3) is 0 Å². The van der Waals surface area contributed by atoms with Gasteiger partial charge in [-0.1, -0.05) is 17.4 Å². The van der Waals surface area contributed by atoms with Gasteiger partial charge in [0.05, 0.1) is 0 Å². The van der Waals surface area contributed by atoms with Crippen molar-refractivity contribution in [1.82, 2.24) is 10.2 Å². The summed E-state index contributed by atoms with van der Waals surface area (Å²) in [6, 6.07) is 0. The molecule has 0 bridgehead atoms. The van der Waals surface area contributed by atoms with E-state index in [0.29, 0.717) is 0 Å². The second-order valence-electron chi connectivity index (χ2n) is 2.54. The maximum Gasteiger partial charge on any atom is 0.176 e. The van der Waals surface area contributed by atoms with Gasteiger partial charge in [-0.2, -0.15) is 5.10 Å². The van der Waals surface area contributed by atoms with Crippen molar-refractivity contribution in [3.63, 3.8) is 0 Å². The van der Waals surface area contributed by atoms with E-state index in [1.165, 1.54) is 18.4 Å². The molecule has 0 spiro atoms. The summed E-state index contributed by atoms with van der Waals surface area (Å²) in [5, 5.41) is 7.98. The molecule has 4 heteroatoms. The number of rotatable bonds is 1. The van der Waals surface area contributed by atoms with Gasteiger partial charge in [-0.25, -0.2) is 0 Å². The van der Waals surface area contributed by atoms with Gasteiger partial charge >= 0.3 is 0 Å². The summed E-state index contributed by atoms with van der Waals surface area (Å²) in [5.74, 6) is 0. The largest absolute Gasteiger partial charge is 0.258 e. The third kappa shape index (κ3) is 1.41. The van der Waals surface area contributed by atoms with Crippen LogP contribution in [0.5, 0.6) is 0 Å². The van der Waals surface area contributed by atoms with Crippen LogP contribution in [0, 0.1) is 3.95 Å².